The number of carbonyl (C=O) groups is 2. The first kappa shape index (κ1) is 18.1. The summed E-state index contributed by atoms with van der Waals surface area (Å²) >= 11 is 0. The van der Waals surface area contributed by atoms with Crippen LogP contribution in [0.5, 0.6) is 0 Å². The second-order valence-corrected chi connectivity index (χ2v) is 7.02. The van der Waals surface area contributed by atoms with Gasteiger partial charge in [0.2, 0.25) is 10.0 Å². The fraction of sp³-hybridized carbons (Fsp3) is 0.429. The van der Waals surface area contributed by atoms with Gasteiger partial charge < -0.3 is 15.0 Å². The minimum absolute atomic E-state index is 0.00694. The number of urea groups is 1. The van der Waals surface area contributed by atoms with Crippen LogP contribution in [0.1, 0.15) is 0 Å². The van der Waals surface area contributed by atoms with E-state index in [0.29, 0.717) is 0 Å². The van der Waals surface area contributed by atoms with E-state index in [1.807, 2.05) is 0 Å². The molecule has 0 atom stereocenters. The molecule has 2 amide bonds. The maximum Gasteiger partial charge on any atom is 0.325 e. The van der Waals surface area contributed by atoms with Gasteiger partial charge in [-0.3, -0.25) is 4.79 Å². The highest BCUT2D eigenvalue weighted by Gasteiger charge is 2.30. The zero-order valence-corrected chi connectivity index (χ0v) is 13.9. The van der Waals surface area contributed by atoms with E-state index in [9.17, 15) is 22.4 Å². The normalized spacial score (nSPS) is 15.8. The van der Waals surface area contributed by atoms with E-state index in [4.69, 9.17) is 0 Å². The maximum atomic E-state index is 12.9. The van der Waals surface area contributed by atoms with E-state index in [2.05, 4.69) is 10.1 Å². The Morgan fingerprint density at radius 3 is 2.29 bits per heavy atom. The summed E-state index contributed by atoms with van der Waals surface area (Å²) in [5, 5.41) is 2.40. The standard InChI is InChI=1S/C14H18FN3O5S/c1-23-13(19)10-16-14(20)17-6-8-18(9-7-17)24(21,22)12-4-2-11(15)3-5-12/h2-5H,6-10H2,1H3,(H,16,20). The van der Waals surface area contributed by atoms with Gasteiger partial charge in [-0.05, 0) is 24.3 Å². The van der Waals surface area contributed by atoms with Crippen LogP contribution in [0, 0.1) is 5.82 Å². The van der Waals surface area contributed by atoms with Crippen LogP contribution < -0.4 is 5.32 Å². The van der Waals surface area contributed by atoms with Crippen LogP contribution in [-0.4, -0.2) is 69.5 Å². The molecule has 0 radical (unpaired) electrons. The molecule has 0 saturated carbocycles. The van der Waals surface area contributed by atoms with Crippen molar-refractivity contribution in [3.8, 4) is 0 Å². The van der Waals surface area contributed by atoms with Gasteiger partial charge in [-0.1, -0.05) is 0 Å². The largest absolute Gasteiger partial charge is 0.468 e. The molecular weight excluding hydrogens is 341 g/mol. The average molecular weight is 359 g/mol. The van der Waals surface area contributed by atoms with Gasteiger partial charge in [-0.25, -0.2) is 17.6 Å². The lowest BCUT2D eigenvalue weighted by molar-refractivity contribution is -0.139. The molecular formula is C14H18FN3O5S. The Morgan fingerprint density at radius 2 is 1.75 bits per heavy atom. The third-order valence-electron chi connectivity index (χ3n) is 3.59. The predicted molar refractivity (Wildman–Crippen MR) is 82.1 cm³/mol. The number of sulfonamides is 1. The zero-order valence-electron chi connectivity index (χ0n) is 13.1. The Morgan fingerprint density at radius 1 is 1.17 bits per heavy atom. The Balaban J connectivity index is 1.93. The molecule has 1 aliphatic rings. The van der Waals surface area contributed by atoms with Crippen molar-refractivity contribution in [1.82, 2.24) is 14.5 Å². The molecule has 132 valence electrons. The van der Waals surface area contributed by atoms with Gasteiger partial charge in [0.15, 0.2) is 0 Å². The number of amides is 2. The third-order valence-corrected chi connectivity index (χ3v) is 5.50. The number of nitrogens with zero attached hydrogens (tertiary/aromatic N) is 2. The number of benzene rings is 1. The smallest absolute Gasteiger partial charge is 0.325 e. The summed E-state index contributed by atoms with van der Waals surface area (Å²) in [5.74, 6) is -1.08. The number of methoxy groups -OCH3 is 1. The van der Waals surface area contributed by atoms with E-state index >= 15 is 0 Å². The molecule has 24 heavy (non-hydrogen) atoms. The van der Waals surface area contributed by atoms with E-state index in [1.54, 1.807) is 0 Å². The number of nitrogens with one attached hydrogen (secondary N) is 1. The summed E-state index contributed by atoms with van der Waals surface area (Å²) in [6.07, 6.45) is 0. The Kier molecular flexibility index (Phi) is 5.73. The van der Waals surface area contributed by atoms with Crippen molar-refractivity contribution < 1.29 is 27.1 Å². The Bertz CT molecular complexity index is 700. The van der Waals surface area contributed by atoms with Gasteiger partial charge in [0, 0.05) is 26.2 Å². The van der Waals surface area contributed by atoms with Gasteiger partial charge in [-0.15, -0.1) is 0 Å². The maximum absolute atomic E-state index is 12.9. The highest BCUT2D eigenvalue weighted by Crippen LogP contribution is 2.18. The molecule has 1 aromatic rings. The van der Waals surface area contributed by atoms with Crippen molar-refractivity contribution >= 4 is 22.0 Å². The first-order valence-corrected chi connectivity index (χ1v) is 8.64. The van der Waals surface area contributed by atoms with Crippen molar-refractivity contribution in [2.24, 2.45) is 0 Å². The van der Waals surface area contributed by atoms with Gasteiger partial charge in [-0.2, -0.15) is 4.31 Å². The molecule has 1 saturated heterocycles. The number of esters is 1. The van der Waals surface area contributed by atoms with Crippen molar-refractivity contribution in [3.63, 3.8) is 0 Å². The lowest BCUT2D eigenvalue weighted by Crippen LogP contribution is -2.53. The quantitative estimate of drug-likeness (QED) is 0.765. The molecule has 0 spiro atoms. The van der Waals surface area contributed by atoms with Crippen LogP contribution in [-0.2, 0) is 19.6 Å². The average Bonchev–Trinajstić information content (AvgIpc) is 2.59. The second-order valence-electron chi connectivity index (χ2n) is 5.08. The summed E-state index contributed by atoms with van der Waals surface area (Å²) in [4.78, 5) is 24.3. The van der Waals surface area contributed by atoms with Crippen molar-refractivity contribution in [3.05, 3.63) is 30.1 Å². The Labute approximate surface area is 139 Å². The third kappa shape index (κ3) is 4.20. The van der Waals surface area contributed by atoms with Crippen LogP contribution in [0.15, 0.2) is 29.2 Å². The first-order chi connectivity index (χ1) is 11.3. The van der Waals surface area contributed by atoms with Crippen molar-refractivity contribution in [2.45, 2.75) is 4.90 Å². The van der Waals surface area contributed by atoms with E-state index < -0.39 is 27.8 Å². The number of rotatable bonds is 4. The number of hydrogen-bond acceptors (Lipinski definition) is 5. The summed E-state index contributed by atoms with van der Waals surface area (Å²) in [6, 6.07) is 4.13. The summed E-state index contributed by atoms with van der Waals surface area (Å²) in [6.45, 7) is 0.362. The molecule has 1 aromatic carbocycles. The molecule has 0 aliphatic carbocycles. The number of ether oxygens (including phenoxy) is 1. The second kappa shape index (κ2) is 7.58. The molecule has 0 bridgehead atoms. The topological polar surface area (TPSA) is 96.0 Å². The Hall–Kier alpha value is -2.20. The monoisotopic (exact) mass is 359 g/mol. The van der Waals surface area contributed by atoms with Crippen LogP contribution in [0.25, 0.3) is 0 Å². The van der Waals surface area contributed by atoms with Crippen LogP contribution in [0.4, 0.5) is 9.18 Å². The van der Waals surface area contributed by atoms with Gasteiger partial charge in [0.25, 0.3) is 0 Å². The minimum Gasteiger partial charge on any atom is -0.468 e. The van der Waals surface area contributed by atoms with Gasteiger partial charge in [0.05, 0.1) is 12.0 Å². The van der Waals surface area contributed by atoms with E-state index in [-0.39, 0.29) is 37.6 Å². The number of carbonyl (C=O) groups excluding carboxylic acids is 2. The molecule has 1 heterocycles. The molecule has 2 rings (SSSR count). The molecule has 1 N–H and O–H groups in total. The molecule has 1 aliphatic heterocycles. The fourth-order valence-electron chi connectivity index (χ4n) is 2.22. The fourth-order valence-corrected chi connectivity index (χ4v) is 3.64. The first-order valence-electron chi connectivity index (χ1n) is 7.20. The summed E-state index contributed by atoms with van der Waals surface area (Å²) in [7, 11) is -2.51. The lowest BCUT2D eigenvalue weighted by Gasteiger charge is -2.33. The van der Waals surface area contributed by atoms with Gasteiger partial charge >= 0.3 is 12.0 Å². The number of halogens is 1. The highest BCUT2D eigenvalue weighted by atomic mass is 32.2. The van der Waals surface area contributed by atoms with E-state index in [1.165, 1.54) is 28.4 Å². The van der Waals surface area contributed by atoms with Gasteiger partial charge in [0.1, 0.15) is 12.4 Å². The summed E-state index contributed by atoms with van der Waals surface area (Å²) in [5.41, 5.74) is 0. The molecule has 0 unspecified atom stereocenters. The molecule has 10 heteroatoms. The van der Waals surface area contributed by atoms with Crippen LogP contribution >= 0.6 is 0 Å². The van der Waals surface area contributed by atoms with Crippen molar-refractivity contribution in [1.29, 1.82) is 0 Å². The van der Waals surface area contributed by atoms with Crippen molar-refractivity contribution in [2.75, 3.05) is 39.8 Å². The SMILES string of the molecule is COC(=O)CNC(=O)N1CCN(S(=O)(=O)c2ccc(F)cc2)CC1. The van der Waals surface area contributed by atoms with Crippen LogP contribution in [0.3, 0.4) is 0 Å². The zero-order chi connectivity index (χ0) is 17.7. The molecule has 0 aromatic heterocycles. The highest BCUT2D eigenvalue weighted by molar-refractivity contribution is 7.89. The van der Waals surface area contributed by atoms with E-state index in [0.717, 1.165) is 12.1 Å². The van der Waals surface area contributed by atoms with Crippen LogP contribution in [0.2, 0.25) is 0 Å². The predicted octanol–water partition coefficient (Wildman–Crippen LogP) is 0.0146. The number of piperazine rings is 1. The number of hydrogen-bond donors (Lipinski definition) is 1. The lowest BCUT2D eigenvalue weighted by atomic mass is 10.4. The summed E-state index contributed by atoms with van der Waals surface area (Å²) < 4.78 is 43.5. The molecule has 8 nitrogen and oxygen atoms in total. The molecule has 1 fully saturated rings. The minimum atomic E-state index is -3.72.